The van der Waals surface area contributed by atoms with E-state index in [2.05, 4.69) is 55.8 Å². The molecular weight excluding hydrogens is 224 g/mol. The maximum atomic E-state index is 3.61. The van der Waals surface area contributed by atoms with E-state index in [-0.39, 0.29) is 0 Å². The highest BCUT2D eigenvalue weighted by atomic mass is 79.9. The van der Waals surface area contributed by atoms with Gasteiger partial charge < -0.3 is 0 Å². The van der Waals surface area contributed by atoms with Crippen molar-refractivity contribution in [1.29, 1.82) is 0 Å². The van der Waals surface area contributed by atoms with Gasteiger partial charge in [0.2, 0.25) is 0 Å². The van der Waals surface area contributed by atoms with Crippen molar-refractivity contribution in [1.82, 2.24) is 0 Å². The van der Waals surface area contributed by atoms with E-state index in [0.29, 0.717) is 4.83 Å². The minimum Gasteiger partial charge on any atom is -0.0842 e. The van der Waals surface area contributed by atoms with E-state index in [9.17, 15) is 0 Å². The molecule has 13 heavy (non-hydrogen) atoms. The number of benzene rings is 1. The Morgan fingerprint density at radius 3 is 2.31 bits per heavy atom. The number of hydrogen-bond acceptors (Lipinski definition) is 0. The summed E-state index contributed by atoms with van der Waals surface area (Å²) in [4.78, 5) is 0.456. The van der Waals surface area contributed by atoms with Crippen LogP contribution < -0.4 is 0 Å². The molecule has 0 bridgehead atoms. The molecule has 1 unspecified atom stereocenters. The molecule has 1 atom stereocenters. The number of aryl methyl sites for hydroxylation is 1. The number of alkyl halides is 1. The Balaban J connectivity index is 3.23. The highest BCUT2D eigenvalue weighted by Crippen LogP contribution is 2.28. The van der Waals surface area contributed by atoms with Crippen LogP contribution in [0.1, 0.15) is 40.9 Å². The van der Waals surface area contributed by atoms with Gasteiger partial charge in [0.25, 0.3) is 0 Å². The van der Waals surface area contributed by atoms with Gasteiger partial charge in [-0.05, 0) is 49.4 Å². The summed E-state index contributed by atoms with van der Waals surface area (Å²) < 4.78 is 0. The predicted octanol–water partition coefficient (Wildman–Crippen LogP) is 4.32. The van der Waals surface area contributed by atoms with E-state index in [1.807, 2.05) is 0 Å². The van der Waals surface area contributed by atoms with E-state index >= 15 is 0 Å². The van der Waals surface area contributed by atoms with Crippen LogP contribution in [-0.2, 0) is 6.42 Å². The maximum Gasteiger partial charge on any atom is 0.0369 e. The van der Waals surface area contributed by atoms with Gasteiger partial charge in [0.1, 0.15) is 0 Å². The molecule has 1 heteroatoms. The van der Waals surface area contributed by atoms with Crippen LogP contribution in [0.4, 0.5) is 0 Å². The Morgan fingerprint density at radius 2 is 1.85 bits per heavy atom. The molecule has 0 saturated heterocycles. The molecule has 1 aromatic rings. The topological polar surface area (TPSA) is 0 Å². The molecule has 0 aliphatic rings. The molecule has 0 N–H and O–H groups in total. The van der Waals surface area contributed by atoms with Crippen LogP contribution in [0.2, 0.25) is 0 Å². The molecule has 0 aliphatic heterocycles. The molecule has 0 heterocycles. The Labute approximate surface area is 89.5 Å². The van der Waals surface area contributed by atoms with Crippen LogP contribution in [-0.4, -0.2) is 0 Å². The SMILES string of the molecule is CCc1ccc(C(C)Br)c(C)c1C. The van der Waals surface area contributed by atoms with E-state index in [1.165, 1.54) is 22.3 Å². The second-order valence-electron chi connectivity index (χ2n) is 3.53. The van der Waals surface area contributed by atoms with Crippen LogP contribution >= 0.6 is 15.9 Å². The first-order chi connectivity index (χ1) is 6.07. The average Bonchev–Trinajstić information content (AvgIpc) is 2.09. The Kier molecular flexibility index (Phi) is 3.55. The maximum absolute atomic E-state index is 3.61. The first kappa shape index (κ1) is 10.8. The molecule has 0 amide bonds. The van der Waals surface area contributed by atoms with Gasteiger partial charge in [-0.15, -0.1) is 0 Å². The van der Waals surface area contributed by atoms with Crippen molar-refractivity contribution in [2.24, 2.45) is 0 Å². The van der Waals surface area contributed by atoms with Gasteiger partial charge >= 0.3 is 0 Å². The highest BCUT2D eigenvalue weighted by molar-refractivity contribution is 9.09. The van der Waals surface area contributed by atoms with Crippen molar-refractivity contribution >= 4 is 15.9 Å². The molecule has 1 rings (SSSR count). The molecule has 1 aromatic carbocycles. The van der Waals surface area contributed by atoms with E-state index in [4.69, 9.17) is 0 Å². The van der Waals surface area contributed by atoms with Crippen molar-refractivity contribution < 1.29 is 0 Å². The van der Waals surface area contributed by atoms with Gasteiger partial charge in [0, 0.05) is 4.83 Å². The van der Waals surface area contributed by atoms with Gasteiger partial charge in [-0.1, -0.05) is 35.0 Å². The first-order valence-electron chi connectivity index (χ1n) is 4.81. The van der Waals surface area contributed by atoms with Crippen molar-refractivity contribution in [3.05, 3.63) is 34.4 Å². The molecule has 0 nitrogen and oxygen atoms in total. The van der Waals surface area contributed by atoms with Crippen LogP contribution in [0.5, 0.6) is 0 Å². The van der Waals surface area contributed by atoms with Gasteiger partial charge in [-0.3, -0.25) is 0 Å². The summed E-state index contributed by atoms with van der Waals surface area (Å²) in [5.74, 6) is 0. The second-order valence-corrected chi connectivity index (χ2v) is 4.91. The molecule has 72 valence electrons. The third-order valence-corrected chi connectivity index (χ3v) is 3.24. The van der Waals surface area contributed by atoms with Crippen LogP contribution in [0.3, 0.4) is 0 Å². The minimum atomic E-state index is 0.456. The zero-order chi connectivity index (χ0) is 10.0. The summed E-state index contributed by atoms with van der Waals surface area (Å²) in [7, 11) is 0. The lowest BCUT2D eigenvalue weighted by atomic mass is 9.95. The van der Waals surface area contributed by atoms with Crippen molar-refractivity contribution in [2.75, 3.05) is 0 Å². The Hall–Kier alpha value is -0.300. The summed E-state index contributed by atoms with van der Waals surface area (Å²) in [5, 5.41) is 0. The molecule has 0 radical (unpaired) electrons. The Morgan fingerprint density at radius 1 is 1.23 bits per heavy atom. The lowest BCUT2D eigenvalue weighted by molar-refractivity contribution is 1.04. The standard InChI is InChI=1S/C12H17Br/c1-5-11-6-7-12(10(4)13)9(3)8(11)2/h6-7,10H,5H2,1-4H3. The third kappa shape index (κ3) is 2.14. The zero-order valence-corrected chi connectivity index (χ0v) is 10.4. The molecule has 0 fully saturated rings. The fraction of sp³-hybridized carbons (Fsp3) is 0.500. The number of hydrogen-bond donors (Lipinski definition) is 0. The van der Waals surface area contributed by atoms with Crippen LogP contribution in [0, 0.1) is 13.8 Å². The smallest absolute Gasteiger partial charge is 0.0369 e. The molecule has 0 aromatic heterocycles. The normalized spacial score (nSPS) is 13.0. The fourth-order valence-corrected chi connectivity index (χ4v) is 2.21. The summed E-state index contributed by atoms with van der Waals surface area (Å²) in [6.45, 7) is 8.81. The lowest BCUT2D eigenvalue weighted by Crippen LogP contribution is -1.96. The minimum absolute atomic E-state index is 0.456. The summed E-state index contributed by atoms with van der Waals surface area (Å²) >= 11 is 3.61. The number of rotatable bonds is 2. The summed E-state index contributed by atoms with van der Waals surface area (Å²) in [6, 6.07) is 4.48. The molecule has 0 spiro atoms. The van der Waals surface area contributed by atoms with E-state index in [0.717, 1.165) is 6.42 Å². The summed E-state index contributed by atoms with van der Waals surface area (Å²) in [5.41, 5.74) is 5.76. The average molecular weight is 241 g/mol. The van der Waals surface area contributed by atoms with Gasteiger partial charge in [0.15, 0.2) is 0 Å². The van der Waals surface area contributed by atoms with Crippen molar-refractivity contribution in [2.45, 2.75) is 38.9 Å². The zero-order valence-electron chi connectivity index (χ0n) is 8.82. The highest BCUT2D eigenvalue weighted by Gasteiger charge is 2.08. The van der Waals surface area contributed by atoms with Crippen LogP contribution in [0.15, 0.2) is 12.1 Å². The summed E-state index contributed by atoms with van der Waals surface area (Å²) in [6.07, 6.45) is 1.13. The van der Waals surface area contributed by atoms with Gasteiger partial charge in [-0.2, -0.15) is 0 Å². The lowest BCUT2D eigenvalue weighted by Gasteiger charge is -2.13. The Bertz CT molecular complexity index is 300. The number of halogens is 1. The van der Waals surface area contributed by atoms with E-state index < -0.39 is 0 Å². The van der Waals surface area contributed by atoms with Crippen molar-refractivity contribution in [3.63, 3.8) is 0 Å². The monoisotopic (exact) mass is 240 g/mol. The molecular formula is C12H17Br. The largest absolute Gasteiger partial charge is 0.0842 e. The van der Waals surface area contributed by atoms with Gasteiger partial charge in [-0.25, -0.2) is 0 Å². The molecule has 0 saturated carbocycles. The second kappa shape index (κ2) is 4.28. The third-order valence-electron chi connectivity index (χ3n) is 2.75. The molecule has 0 aliphatic carbocycles. The van der Waals surface area contributed by atoms with Crippen LogP contribution in [0.25, 0.3) is 0 Å². The quantitative estimate of drug-likeness (QED) is 0.676. The fourth-order valence-electron chi connectivity index (χ4n) is 1.71. The van der Waals surface area contributed by atoms with Gasteiger partial charge in [0.05, 0.1) is 0 Å². The van der Waals surface area contributed by atoms with Crippen molar-refractivity contribution in [3.8, 4) is 0 Å². The predicted molar refractivity (Wildman–Crippen MR) is 62.6 cm³/mol. The van der Waals surface area contributed by atoms with E-state index in [1.54, 1.807) is 0 Å². The first-order valence-corrected chi connectivity index (χ1v) is 5.72.